The highest BCUT2D eigenvalue weighted by atomic mass is 16.8. The van der Waals surface area contributed by atoms with Gasteiger partial charge in [0.25, 0.3) is 0 Å². The second-order valence-electron chi connectivity index (χ2n) is 17.5. The molecule has 6 rings (SSSR count). The van der Waals surface area contributed by atoms with Crippen LogP contribution in [0, 0.1) is 0 Å². The van der Waals surface area contributed by atoms with E-state index in [2.05, 4.69) is 5.32 Å². The summed E-state index contributed by atoms with van der Waals surface area (Å²) in [7, 11) is 0. The van der Waals surface area contributed by atoms with E-state index in [4.69, 9.17) is 52.1 Å². The summed E-state index contributed by atoms with van der Waals surface area (Å²) < 4.78 is 63.6. The van der Waals surface area contributed by atoms with Gasteiger partial charge in [0, 0.05) is 6.92 Å². The summed E-state index contributed by atoms with van der Waals surface area (Å²) in [4.78, 5) is 12.9. The SMILES string of the molecule is CC(=O)N[C@H]1[C@H](O[C@H]2[C@@H](O)[C@@H](CO)O[C@@H](O[C@H]3[C@H](O[C@H]4O[C@H](C)[C@H](O)[C@H](O)[C@H]4O)[C@@H](O)C(O)O[C@@H]3CO)[C@@H]2O)O[C@H](CO)[C@@H](O[C@@H]2O[C@H](CO)[C@H](O)[C@H](O)[C@H]2O)[C@@H]1O[C@H]1O[C@H](C)[C@H](O)[C@H](O)[C@H]1O. The fourth-order valence-corrected chi connectivity index (χ4v) is 8.79. The Morgan fingerprint density at radius 3 is 1.24 bits per heavy atom. The zero-order chi connectivity index (χ0) is 50.2. The molecule has 6 aliphatic rings. The molecule has 30 heteroatoms. The molecular weight excluding hydrogens is 934 g/mol. The molecule has 0 radical (unpaired) electrons. The first-order valence-electron chi connectivity index (χ1n) is 21.8. The number of carbonyl (C=O) groups is 1. The van der Waals surface area contributed by atoms with Crippen LogP contribution < -0.4 is 5.32 Å². The van der Waals surface area contributed by atoms with Crippen molar-refractivity contribution in [2.45, 2.75) is 205 Å². The van der Waals surface area contributed by atoms with E-state index in [1.165, 1.54) is 13.8 Å². The van der Waals surface area contributed by atoms with Gasteiger partial charge >= 0.3 is 0 Å². The van der Waals surface area contributed by atoms with Gasteiger partial charge in [-0.15, -0.1) is 0 Å². The largest absolute Gasteiger partial charge is 0.394 e. The highest BCUT2D eigenvalue weighted by Gasteiger charge is 2.58. The zero-order valence-corrected chi connectivity index (χ0v) is 36.7. The van der Waals surface area contributed by atoms with Crippen molar-refractivity contribution in [2.24, 2.45) is 0 Å². The van der Waals surface area contributed by atoms with Crippen LogP contribution in [-0.2, 0) is 56.9 Å². The third kappa shape index (κ3) is 11.4. The molecule has 6 aliphatic heterocycles. The molecule has 68 heavy (non-hydrogen) atoms. The van der Waals surface area contributed by atoms with Gasteiger partial charge in [-0.25, -0.2) is 0 Å². The number of aliphatic hydroxyl groups excluding tert-OH is 17. The van der Waals surface area contributed by atoms with Crippen LogP contribution in [0.4, 0.5) is 0 Å². The Bertz CT molecular complexity index is 1590. The van der Waals surface area contributed by atoms with Crippen molar-refractivity contribution in [1.82, 2.24) is 5.32 Å². The van der Waals surface area contributed by atoms with E-state index in [1.807, 2.05) is 0 Å². The van der Waals surface area contributed by atoms with E-state index in [0.717, 1.165) is 6.92 Å². The van der Waals surface area contributed by atoms with Crippen LogP contribution in [-0.4, -0.2) is 303 Å². The molecule has 18 N–H and O–H groups in total. The maximum Gasteiger partial charge on any atom is 0.217 e. The summed E-state index contributed by atoms with van der Waals surface area (Å²) in [6.07, 6.45) is -53.5. The lowest BCUT2D eigenvalue weighted by atomic mass is 9.93. The average Bonchev–Trinajstić information content (AvgIpc) is 3.31. The number of ether oxygens (including phenoxy) is 11. The summed E-state index contributed by atoms with van der Waals surface area (Å²) >= 11 is 0. The second-order valence-corrected chi connectivity index (χ2v) is 17.5. The lowest BCUT2D eigenvalue weighted by molar-refractivity contribution is -0.397. The van der Waals surface area contributed by atoms with Gasteiger partial charge in [0.2, 0.25) is 5.91 Å². The minimum atomic E-state index is -2.23. The number of nitrogens with one attached hydrogen (secondary N) is 1. The minimum Gasteiger partial charge on any atom is -0.394 e. The van der Waals surface area contributed by atoms with E-state index in [0.29, 0.717) is 0 Å². The van der Waals surface area contributed by atoms with Crippen molar-refractivity contribution < 1.29 is 144 Å². The van der Waals surface area contributed by atoms with Crippen molar-refractivity contribution in [3.05, 3.63) is 0 Å². The number of carbonyl (C=O) groups excluding carboxylic acids is 1. The first-order chi connectivity index (χ1) is 32.1. The standard InChI is InChI=1S/C38H65NO29/c1-8-16(45)20(49)23(52)35(58-8)66-30-15(39-10(3)44)34(63-14(7-43)28(30)64-37-25(54)22(51)18(47)11(4-40)61-37)67-31-19(48)12(5-41)62-38(27(31)56)65-29-13(6-42)60-33(57)26(55)32(29)68-36-24(53)21(50)17(46)9(2)59-36/h8-9,11-38,40-43,45-57H,4-7H2,1-3H3,(H,39,44)/t8-,9-,11-,12-,13-,14-,15-,16+,17+,18+,19+,20+,21+,22+,23-,24-,25-,26-,27-,28-,29-,30-,31+,32-,33?,34+,35-,36-,37+,38+/m1/s1. The molecule has 30 atom stereocenters. The summed E-state index contributed by atoms with van der Waals surface area (Å²) in [5.41, 5.74) is 0. The quantitative estimate of drug-likeness (QED) is 0.0724. The Morgan fingerprint density at radius 1 is 0.382 bits per heavy atom. The fourth-order valence-electron chi connectivity index (χ4n) is 8.79. The van der Waals surface area contributed by atoms with Gasteiger partial charge in [0.1, 0.15) is 134 Å². The molecule has 6 saturated heterocycles. The average molecular weight is 1000 g/mol. The van der Waals surface area contributed by atoms with Crippen LogP contribution in [0.1, 0.15) is 20.8 Å². The molecule has 30 nitrogen and oxygen atoms in total. The molecule has 0 bridgehead atoms. The first-order valence-corrected chi connectivity index (χ1v) is 21.8. The van der Waals surface area contributed by atoms with Gasteiger partial charge in [-0.2, -0.15) is 0 Å². The molecule has 6 fully saturated rings. The lowest BCUT2D eigenvalue weighted by Gasteiger charge is -2.52. The zero-order valence-electron chi connectivity index (χ0n) is 36.7. The Morgan fingerprint density at radius 2 is 0.750 bits per heavy atom. The molecular formula is C38H65NO29. The predicted octanol–water partition coefficient (Wildman–Crippen LogP) is -11.9. The van der Waals surface area contributed by atoms with Crippen LogP contribution >= 0.6 is 0 Å². The summed E-state index contributed by atoms with van der Waals surface area (Å²) in [5.74, 6) is -0.867. The third-order valence-electron chi connectivity index (χ3n) is 12.8. The fraction of sp³-hybridized carbons (Fsp3) is 0.974. The topological polar surface area (TPSA) is 475 Å². The van der Waals surface area contributed by atoms with Crippen LogP contribution in [0.5, 0.6) is 0 Å². The number of amides is 1. The van der Waals surface area contributed by atoms with Gasteiger partial charge in [-0.3, -0.25) is 4.79 Å². The molecule has 6 heterocycles. The maximum atomic E-state index is 12.9. The van der Waals surface area contributed by atoms with E-state index < -0.39 is 217 Å². The van der Waals surface area contributed by atoms with Crippen LogP contribution in [0.25, 0.3) is 0 Å². The van der Waals surface area contributed by atoms with E-state index >= 15 is 0 Å². The number of aliphatic hydroxyl groups is 17. The van der Waals surface area contributed by atoms with Crippen LogP contribution in [0.3, 0.4) is 0 Å². The highest BCUT2D eigenvalue weighted by Crippen LogP contribution is 2.38. The predicted molar refractivity (Wildman–Crippen MR) is 208 cm³/mol. The van der Waals surface area contributed by atoms with Crippen LogP contribution in [0.15, 0.2) is 0 Å². The van der Waals surface area contributed by atoms with Gasteiger partial charge in [-0.05, 0) is 13.8 Å². The monoisotopic (exact) mass is 999 g/mol. The Kier molecular flexibility index (Phi) is 19.2. The van der Waals surface area contributed by atoms with Gasteiger partial charge in [0.15, 0.2) is 37.7 Å². The van der Waals surface area contributed by atoms with Crippen molar-refractivity contribution >= 4 is 5.91 Å². The van der Waals surface area contributed by atoms with Crippen molar-refractivity contribution in [2.75, 3.05) is 26.4 Å². The van der Waals surface area contributed by atoms with Gasteiger partial charge in [0.05, 0.1) is 38.6 Å². The summed E-state index contributed by atoms with van der Waals surface area (Å²) in [6, 6.07) is -1.80. The molecule has 1 unspecified atom stereocenters. The van der Waals surface area contributed by atoms with Crippen molar-refractivity contribution in [3.8, 4) is 0 Å². The van der Waals surface area contributed by atoms with E-state index in [9.17, 15) is 91.6 Å². The Balaban J connectivity index is 1.33. The Hall–Kier alpha value is -1.65. The molecule has 1 amide bonds. The molecule has 0 aromatic carbocycles. The molecule has 0 aromatic rings. The molecule has 396 valence electrons. The number of hydrogen-bond acceptors (Lipinski definition) is 29. The number of hydrogen-bond donors (Lipinski definition) is 18. The van der Waals surface area contributed by atoms with Crippen molar-refractivity contribution in [1.29, 1.82) is 0 Å². The normalized spacial score (nSPS) is 52.6. The van der Waals surface area contributed by atoms with Gasteiger partial charge in [-0.1, -0.05) is 0 Å². The van der Waals surface area contributed by atoms with Gasteiger partial charge < -0.3 is 144 Å². The molecule has 0 saturated carbocycles. The minimum absolute atomic E-state index is 0.867. The maximum absolute atomic E-state index is 12.9. The van der Waals surface area contributed by atoms with Crippen molar-refractivity contribution in [3.63, 3.8) is 0 Å². The van der Waals surface area contributed by atoms with E-state index in [-0.39, 0.29) is 0 Å². The molecule has 0 aliphatic carbocycles. The third-order valence-corrected chi connectivity index (χ3v) is 12.8. The molecule has 0 spiro atoms. The smallest absolute Gasteiger partial charge is 0.217 e. The lowest BCUT2D eigenvalue weighted by Crippen LogP contribution is -2.71. The summed E-state index contributed by atoms with van der Waals surface area (Å²) in [6.45, 7) is -0.320. The highest BCUT2D eigenvalue weighted by molar-refractivity contribution is 5.73. The summed E-state index contributed by atoms with van der Waals surface area (Å²) in [5, 5.41) is 184. The Labute approximate surface area is 386 Å². The van der Waals surface area contributed by atoms with Crippen LogP contribution in [0.2, 0.25) is 0 Å². The van der Waals surface area contributed by atoms with E-state index in [1.54, 1.807) is 0 Å². The number of rotatable bonds is 15. The second kappa shape index (κ2) is 23.5. The first kappa shape index (κ1) is 55.7. The molecule has 0 aromatic heterocycles.